The van der Waals surface area contributed by atoms with Crippen LogP contribution in [0, 0.1) is 0 Å². The first-order valence-electron chi connectivity index (χ1n) is 11.3. The Morgan fingerprint density at radius 1 is 0.765 bits per heavy atom. The molecule has 8 N–H and O–H groups in total. The normalized spacial score (nSPS) is 13.7. The van der Waals surface area contributed by atoms with E-state index in [1.54, 1.807) is 18.2 Å². The molecule has 0 aliphatic rings. The molecular weight excluding hydrogens is 438 g/mol. The molecule has 34 heavy (non-hydrogen) atoms. The van der Waals surface area contributed by atoms with Crippen molar-refractivity contribution >= 4 is 0 Å². The van der Waals surface area contributed by atoms with E-state index in [1.165, 1.54) is 12.1 Å². The lowest BCUT2D eigenvalue weighted by molar-refractivity contribution is 0.158. The molecule has 2 aromatic rings. The number of nitrogens with zero attached hydrogens (tertiary/aromatic N) is 1. The van der Waals surface area contributed by atoms with E-state index in [0.29, 0.717) is 29.9 Å². The quantitative estimate of drug-likeness (QED) is 0.283. The van der Waals surface area contributed by atoms with Gasteiger partial charge in [0.05, 0.1) is 25.0 Å². The molecular formula is C25H41N3O6. The van der Waals surface area contributed by atoms with E-state index in [2.05, 4.69) is 15.6 Å². The van der Waals surface area contributed by atoms with Crippen molar-refractivity contribution in [3.05, 3.63) is 52.8 Å². The summed E-state index contributed by atoms with van der Waals surface area (Å²) in [5.74, 6) is -0.0144. The van der Waals surface area contributed by atoms with Gasteiger partial charge in [-0.1, -0.05) is 6.07 Å². The zero-order chi connectivity index (χ0) is 26.1. The van der Waals surface area contributed by atoms with Gasteiger partial charge in [-0.25, -0.2) is 4.98 Å². The lowest BCUT2D eigenvalue weighted by Gasteiger charge is -2.23. The Labute approximate surface area is 202 Å². The minimum Gasteiger partial charge on any atom is -0.508 e. The van der Waals surface area contributed by atoms with Gasteiger partial charge < -0.3 is 41.3 Å². The Kier molecular flexibility index (Phi) is 11.4. The van der Waals surface area contributed by atoms with Crippen LogP contribution in [0.25, 0.3) is 0 Å². The monoisotopic (exact) mass is 479 g/mol. The standard InChI is InChI=1S/C13H21NO3.C12H20N2O3/c1-13(2,3)14-7-12(17)9-4-5-11(16)10(6-9)8-15;1-12(2,3)13-6-11(17)8-4-5-10(16)9(7-15)14-8/h4-6,12,14-17H,7-8H2,1-3H3;4-5,11,13,15-17H,6-7H2,1-3H3. The van der Waals surface area contributed by atoms with Crippen LogP contribution < -0.4 is 10.6 Å². The largest absolute Gasteiger partial charge is 0.508 e. The molecule has 9 nitrogen and oxygen atoms in total. The number of hydrogen-bond donors (Lipinski definition) is 8. The third-order valence-electron chi connectivity index (χ3n) is 4.77. The summed E-state index contributed by atoms with van der Waals surface area (Å²) >= 11 is 0. The number of pyridine rings is 1. The molecule has 192 valence electrons. The molecule has 0 saturated carbocycles. The van der Waals surface area contributed by atoms with E-state index in [9.17, 15) is 20.4 Å². The van der Waals surface area contributed by atoms with Crippen molar-refractivity contribution < 1.29 is 30.6 Å². The summed E-state index contributed by atoms with van der Waals surface area (Å²) in [6.45, 7) is 12.3. The molecule has 0 fully saturated rings. The van der Waals surface area contributed by atoms with E-state index in [-0.39, 0.29) is 41.5 Å². The first kappa shape index (κ1) is 29.8. The second kappa shape index (κ2) is 13.0. The Morgan fingerprint density at radius 3 is 1.79 bits per heavy atom. The van der Waals surface area contributed by atoms with Gasteiger partial charge in [0.25, 0.3) is 0 Å². The summed E-state index contributed by atoms with van der Waals surface area (Å²) in [6, 6.07) is 7.73. The average Bonchev–Trinajstić information content (AvgIpc) is 2.76. The molecule has 0 aliphatic carbocycles. The molecule has 0 saturated heterocycles. The van der Waals surface area contributed by atoms with Gasteiger partial charge in [0.15, 0.2) is 0 Å². The van der Waals surface area contributed by atoms with Crippen molar-refractivity contribution in [2.75, 3.05) is 13.1 Å². The second-order valence-electron chi connectivity index (χ2n) is 10.2. The van der Waals surface area contributed by atoms with E-state index in [1.807, 2.05) is 41.5 Å². The fraction of sp³-hybridized carbons (Fsp3) is 0.560. The number of aliphatic hydroxyl groups excluding tert-OH is 4. The number of benzene rings is 1. The molecule has 0 spiro atoms. The van der Waals surface area contributed by atoms with Crippen molar-refractivity contribution in [2.24, 2.45) is 0 Å². The van der Waals surface area contributed by atoms with Crippen LogP contribution in [0.1, 0.15) is 76.3 Å². The minimum absolute atomic E-state index is 0.0484. The number of nitrogens with one attached hydrogen (secondary N) is 2. The molecule has 0 radical (unpaired) electrons. The number of phenols is 1. The lowest BCUT2D eigenvalue weighted by atomic mass is 10.0. The van der Waals surface area contributed by atoms with Gasteiger partial charge in [0.2, 0.25) is 0 Å². The third kappa shape index (κ3) is 10.8. The average molecular weight is 480 g/mol. The molecule has 2 atom stereocenters. The van der Waals surface area contributed by atoms with Crippen molar-refractivity contribution in [1.29, 1.82) is 0 Å². The summed E-state index contributed by atoms with van der Waals surface area (Å²) in [5, 5.41) is 63.0. The van der Waals surface area contributed by atoms with Gasteiger partial charge >= 0.3 is 0 Å². The SMILES string of the molecule is CC(C)(C)NCC(O)c1ccc(O)c(CO)c1.CC(C)(C)NCC(O)c1ccc(O)c(CO)n1. The predicted octanol–water partition coefficient (Wildman–Crippen LogP) is 2.01. The first-order valence-corrected chi connectivity index (χ1v) is 11.3. The van der Waals surface area contributed by atoms with Gasteiger partial charge in [-0.3, -0.25) is 0 Å². The van der Waals surface area contributed by atoms with Crippen LogP contribution in [0.2, 0.25) is 0 Å². The number of aliphatic hydroxyl groups is 4. The molecule has 0 bridgehead atoms. The maximum Gasteiger partial charge on any atom is 0.139 e. The maximum atomic E-state index is 9.97. The molecule has 1 aromatic carbocycles. The third-order valence-corrected chi connectivity index (χ3v) is 4.77. The van der Waals surface area contributed by atoms with Crippen molar-refractivity contribution in [3.63, 3.8) is 0 Å². The molecule has 0 amide bonds. The highest BCUT2D eigenvalue weighted by Crippen LogP contribution is 2.22. The molecule has 0 aliphatic heterocycles. The van der Waals surface area contributed by atoms with Crippen LogP contribution in [0.3, 0.4) is 0 Å². The molecule has 9 heteroatoms. The Balaban J connectivity index is 0.000000340. The predicted molar refractivity (Wildman–Crippen MR) is 131 cm³/mol. The number of rotatable bonds is 8. The number of β-amino-alcohol motifs (C(OH)–C–C–N with tert-alkyl or cyclic N) is 2. The van der Waals surface area contributed by atoms with Crippen LogP contribution in [-0.2, 0) is 13.2 Å². The highest BCUT2D eigenvalue weighted by atomic mass is 16.3. The molecule has 1 aromatic heterocycles. The zero-order valence-corrected chi connectivity index (χ0v) is 21.0. The van der Waals surface area contributed by atoms with Gasteiger partial charge in [0, 0.05) is 29.7 Å². The fourth-order valence-corrected chi connectivity index (χ4v) is 2.78. The number of aromatic hydroxyl groups is 2. The lowest BCUT2D eigenvalue weighted by Crippen LogP contribution is -2.38. The van der Waals surface area contributed by atoms with E-state index < -0.39 is 12.2 Å². The molecule has 1 heterocycles. The van der Waals surface area contributed by atoms with Crippen LogP contribution in [0.4, 0.5) is 0 Å². The molecule has 2 rings (SSSR count). The Hall–Kier alpha value is -2.27. The van der Waals surface area contributed by atoms with Gasteiger partial charge in [-0.15, -0.1) is 0 Å². The highest BCUT2D eigenvalue weighted by molar-refractivity contribution is 5.36. The fourth-order valence-electron chi connectivity index (χ4n) is 2.78. The van der Waals surface area contributed by atoms with Gasteiger partial charge in [0.1, 0.15) is 23.3 Å². The summed E-state index contributed by atoms with van der Waals surface area (Å²) in [4.78, 5) is 4.00. The topological polar surface area (TPSA) is 158 Å². The summed E-state index contributed by atoms with van der Waals surface area (Å²) in [7, 11) is 0. The molecule has 2 unspecified atom stereocenters. The first-order chi connectivity index (χ1) is 15.7. The summed E-state index contributed by atoms with van der Waals surface area (Å²) in [5.41, 5.74) is 1.58. The van der Waals surface area contributed by atoms with E-state index in [4.69, 9.17) is 10.2 Å². The van der Waals surface area contributed by atoms with Crippen molar-refractivity contribution in [1.82, 2.24) is 15.6 Å². The van der Waals surface area contributed by atoms with E-state index >= 15 is 0 Å². The highest BCUT2D eigenvalue weighted by Gasteiger charge is 2.16. The number of aromatic nitrogens is 1. The van der Waals surface area contributed by atoms with Crippen LogP contribution in [-0.4, -0.2) is 59.8 Å². The van der Waals surface area contributed by atoms with E-state index in [0.717, 1.165) is 0 Å². The van der Waals surface area contributed by atoms with Crippen LogP contribution in [0.5, 0.6) is 11.5 Å². The van der Waals surface area contributed by atoms with Gasteiger partial charge in [-0.2, -0.15) is 0 Å². The smallest absolute Gasteiger partial charge is 0.139 e. The number of hydrogen-bond acceptors (Lipinski definition) is 9. The van der Waals surface area contributed by atoms with Crippen LogP contribution in [0.15, 0.2) is 30.3 Å². The van der Waals surface area contributed by atoms with Crippen LogP contribution >= 0.6 is 0 Å². The second-order valence-corrected chi connectivity index (χ2v) is 10.2. The van der Waals surface area contributed by atoms with Crippen molar-refractivity contribution in [3.8, 4) is 11.5 Å². The maximum absolute atomic E-state index is 9.97. The summed E-state index contributed by atoms with van der Waals surface area (Å²) in [6.07, 6.45) is -1.42. The zero-order valence-electron chi connectivity index (χ0n) is 21.0. The Bertz CT molecular complexity index is 820. The van der Waals surface area contributed by atoms with Gasteiger partial charge in [-0.05, 0) is 71.4 Å². The minimum atomic E-state index is -0.764. The summed E-state index contributed by atoms with van der Waals surface area (Å²) < 4.78 is 0. The van der Waals surface area contributed by atoms with Crippen molar-refractivity contribution in [2.45, 2.75) is 78.0 Å². The Morgan fingerprint density at radius 2 is 1.29 bits per heavy atom.